The van der Waals surface area contributed by atoms with Crippen molar-refractivity contribution in [3.63, 3.8) is 0 Å². The molecule has 7 heteroatoms. The molecule has 0 spiro atoms. The first kappa shape index (κ1) is 25.2. The van der Waals surface area contributed by atoms with Crippen LogP contribution in [0.5, 0.6) is 0 Å². The average molecular weight is 557 g/mol. The number of nitriles is 1. The molecule has 5 rings (SSSR count). The van der Waals surface area contributed by atoms with Crippen molar-refractivity contribution in [1.29, 1.82) is 5.26 Å². The van der Waals surface area contributed by atoms with E-state index in [-0.39, 0.29) is 23.2 Å². The van der Waals surface area contributed by atoms with Crippen LogP contribution in [0.1, 0.15) is 40.8 Å². The molecule has 188 valence electrons. The lowest BCUT2D eigenvalue weighted by Gasteiger charge is -2.45. The van der Waals surface area contributed by atoms with Crippen molar-refractivity contribution in [3.8, 4) is 6.07 Å². The van der Waals surface area contributed by atoms with E-state index in [1.54, 1.807) is 7.05 Å². The van der Waals surface area contributed by atoms with Gasteiger partial charge in [0.1, 0.15) is 21.8 Å². The number of piperazine rings is 1. The van der Waals surface area contributed by atoms with E-state index in [2.05, 4.69) is 101 Å². The minimum absolute atomic E-state index is 0.112. The molecule has 3 heterocycles. The number of pyridine rings is 2. The van der Waals surface area contributed by atoms with Gasteiger partial charge in [-0.15, -0.1) is 0 Å². The Hall–Kier alpha value is -3.47. The Kier molecular flexibility index (Phi) is 6.89. The molecule has 0 aliphatic carbocycles. The molecule has 2 aromatic carbocycles. The zero-order valence-electron chi connectivity index (χ0n) is 21.6. The fourth-order valence-electron chi connectivity index (χ4n) is 5.41. The van der Waals surface area contributed by atoms with Crippen LogP contribution in [0, 0.1) is 25.2 Å². The van der Waals surface area contributed by atoms with Crippen LogP contribution >= 0.6 is 15.9 Å². The van der Waals surface area contributed by atoms with Crippen LogP contribution in [-0.2, 0) is 7.05 Å². The third kappa shape index (κ3) is 4.68. The summed E-state index contributed by atoms with van der Waals surface area (Å²) in [6, 6.07) is 23.8. The van der Waals surface area contributed by atoms with E-state index in [4.69, 9.17) is 4.98 Å². The molecule has 1 aliphatic rings. The van der Waals surface area contributed by atoms with Gasteiger partial charge in [0.15, 0.2) is 0 Å². The van der Waals surface area contributed by atoms with Gasteiger partial charge < -0.3 is 9.47 Å². The van der Waals surface area contributed by atoms with Crippen LogP contribution in [0.2, 0.25) is 0 Å². The van der Waals surface area contributed by atoms with E-state index in [9.17, 15) is 10.1 Å². The minimum atomic E-state index is -0.290. The summed E-state index contributed by atoms with van der Waals surface area (Å²) >= 11 is 3.47. The van der Waals surface area contributed by atoms with Gasteiger partial charge >= 0.3 is 0 Å². The van der Waals surface area contributed by atoms with Crippen molar-refractivity contribution >= 4 is 32.7 Å². The zero-order valence-corrected chi connectivity index (χ0v) is 23.2. The van der Waals surface area contributed by atoms with Crippen molar-refractivity contribution in [3.05, 3.63) is 103 Å². The van der Waals surface area contributed by atoms with Gasteiger partial charge in [-0.25, -0.2) is 4.98 Å². The van der Waals surface area contributed by atoms with Gasteiger partial charge in [0.05, 0.1) is 17.2 Å². The summed E-state index contributed by atoms with van der Waals surface area (Å²) < 4.78 is 2.19. The third-order valence-corrected chi connectivity index (χ3v) is 7.85. The van der Waals surface area contributed by atoms with Gasteiger partial charge in [0, 0.05) is 32.7 Å². The number of hydrogen-bond acceptors (Lipinski definition) is 5. The lowest BCUT2D eigenvalue weighted by molar-refractivity contribution is 0.150. The Morgan fingerprint density at radius 3 is 2.11 bits per heavy atom. The summed E-state index contributed by atoms with van der Waals surface area (Å²) in [5.74, 6) is 0. The average Bonchev–Trinajstić information content (AvgIpc) is 2.89. The molecular formula is C30H30BrN5O. The predicted octanol–water partition coefficient (Wildman–Crippen LogP) is 5.48. The molecule has 1 fully saturated rings. The lowest BCUT2D eigenvalue weighted by atomic mass is 9.93. The molecular weight excluding hydrogens is 526 g/mol. The SMILES string of the molecule is Cc1ccc(C(c2ccc(C)cc2)N2CCN(c3c(C#N)c(=O)n(C)c4ccc(Br)nc34)C[C@H]2C)cc1. The highest BCUT2D eigenvalue weighted by molar-refractivity contribution is 9.10. The van der Waals surface area contributed by atoms with Gasteiger partial charge in [-0.2, -0.15) is 5.26 Å². The Labute approximate surface area is 225 Å². The molecule has 1 aliphatic heterocycles. The summed E-state index contributed by atoms with van der Waals surface area (Å²) in [5.41, 5.74) is 6.88. The topological polar surface area (TPSA) is 65.2 Å². The molecule has 0 radical (unpaired) electrons. The molecule has 1 saturated heterocycles. The van der Waals surface area contributed by atoms with Crippen LogP contribution in [0.25, 0.3) is 11.0 Å². The second-order valence-corrected chi connectivity index (χ2v) is 10.8. The number of benzene rings is 2. The molecule has 1 atom stereocenters. The number of anilines is 1. The second kappa shape index (κ2) is 10.1. The molecule has 2 aromatic heterocycles. The molecule has 0 unspecified atom stereocenters. The van der Waals surface area contributed by atoms with Crippen LogP contribution in [0.3, 0.4) is 0 Å². The van der Waals surface area contributed by atoms with E-state index in [1.165, 1.54) is 26.8 Å². The van der Waals surface area contributed by atoms with Gasteiger partial charge in [0.2, 0.25) is 0 Å². The van der Waals surface area contributed by atoms with Crippen LogP contribution in [-0.4, -0.2) is 40.1 Å². The van der Waals surface area contributed by atoms with Crippen molar-refractivity contribution in [2.45, 2.75) is 32.9 Å². The summed E-state index contributed by atoms with van der Waals surface area (Å²) in [4.78, 5) is 22.5. The highest BCUT2D eigenvalue weighted by Gasteiger charge is 2.33. The lowest BCUT2D eigenvalue weighted by Crippen LogP contribution is -2.53. The third-order valence-electron chi connectivity index (χ3n) is 7.41. The maximum Gasteiger partial charge on any atom is 0.270 e. The largest absolute Gasteiger partial charge is 0.366 e. The molecule has 0 bridgehead atoms. The van der Waals surface area contributed by atoms with Crippen LogP contribution in [0.4, 0.5) is 5.69 Å². The van der Waals surface area contributed by atoms with E-state index in [0.717, 1.165) is 12.1 Å². The fourth-order valence-corrected chi connectivity index (χ4v) is 5.72. The second-order valence-electron chi connectivity index (χ2n) is 9.96. The first-order chi connectivity index (χ1) is 17.8. The Morgan fingerprint density at radius 1 is 0.973 bits per heavy atom. The molecule has 6 nitrogen and oxygen atoms in total. The predicted molar refractivity (Wildman–Crippen MR) is 152 cm³/mol. The van der Waals surface area contributed by atoms with Crippen LogP contribution < -0.4 is 10.5 Å². The first-order valence-corrected chi connectivity index (χ1v) is 13.3. The van der Waals surface area contributed by atoms with E-state index in [1.807, 2.05) is 12.1 Å². The fraction of sp³-hybridized carbons (Fsp3) is 0.300. The number of rotatable bonds is 4. The van der Waals surface area contributed by atoms with Crippen LogP contribution in [0.15, 0.2) is 70.1 Å². The van der Waals surface area contributed by atoms with E-state index >= 15 is 0 Å². The molecule has 0 saturated carbocycles. The summed E-state index contributed by atoms with van der Waals surface area (Å²) in [5, 5.41) is 9.99. The number of nitrogens with zero attached hydrogens (tertiary/aromatic N) is 5. The Balaban J connectivity index is 1.55. The molecule has 0 N–H and O–H groups in total. The van der Waals surface area contributed by atoms with Gasteiger partial charge in [-0.05, 0) is 60.0 Å². The van der Waals surface area contributed by atoms with Crippen molar-refractivity contribution in [2.75, 3.05) is 24.5 Å². The summed E-state index contributed by atoms with van der Waals surface area (Å²) in [7, 11) is 1.69. The van der Waals surface area contributed by atoms with Crippen molar-refractivity contribution in [1.82, 2.24) is 14.5 Å². The zero-order chi connectivity index (χ0) is 26.3. The van der Waals surface area contributed by atoms with Gasteiger partial charge in [0.25, 0.3) is 5.56 Å². The van der Waals surface area contributed by atoms with Crippen molar-refractivity contribution in [2.24, 2.45) is 7.05 Å². The summed E-state index contributed by atoms with van der Waals surface area (Å²) in [6.45, 7) is 8.59. The molecule has 37 heavy (non-hydrogen) atoms. The van der Waals surface area contributed by atoms with E-state index in [0.29, 0.717) is 28.9 Å². The summed E-state index contributed by atoms with van der Waals surface area (Å²) in [6.07, 6.45) is 0. The smallest absolute Gasteiger partial charge is 0.270 e. The standard InChI is InChI=1S/C30H30BrN5O/c1-19-5-9-22(10-6-19)28(23-11-7-20(2)8-12-23)36-16-15-35(18-21(36)3)29-24(17-32)30(37)34(4)25-13-14-26(31)33-27(25)29/h5-14,21,28H,15-16,18H2,1-4H3/t21-/m1/s1. The van der Waals surface area contributed by atoms with E-state index < -0.39 is 0 Å². The van der Waals surface area contributed by atoms with Crippen molar-refractivity contribution < 1.29 is 0 Å². The molecule has 4 aromatic rings. The maximum absolute atomic E-state index is 13.1. The Bertz CT molecular complexity index is 1510. The quantitative estimate of drug-likeness (QED) is 0.312. The normalized spacial score (nSPS) is 16.4. The highest BCUT2D eigenvalue weighted by atomic mass is 79.9. The monoisotopic (exact) mass is 555 g/mol. The van der Waals surface area contributed by atoms with Gasteiger partial charge in [-0.3, -0.25) is 9.69 Å². The first-order valence-electron chi connectivity index (χ1n) is 12.5. The molecule has 0 amide bonds. The highest BCUT2D eigenvalue weighted by Crippen LogP contribution is 2.35. The minimum Gasteiger partial charge on any atom is -0.366 e. The number of halogens is 1. The Morgan fingerprint density at radius 2 is 1.57 bits per heavy atom. The number of aromatic nitrogens is 2. The number of aryl methyl sites for hydroxylation is 3. The number of fused-ring (bicyclic) bond motifs is 1. The maximum atomic E-state index is 13.1. The number of hydrogen-bond donors (Lipinski definition) is 0. The van der Waals surface area contributed by atoms with Gasteiger partial charge in [-0.1, -0.05) is 59.7 Å².